The molecule has 3 N–H and O–H groups in total. The van der Waals surface area contributed by atoms with Crippen molar-refractivity contribution in [2.45, 2.75) is 10.1 Å². The van der Waals surface area contributed by atoms with Crippen LogP contribution in [-0.2, 0) is 23.9 Å². The number of esters is 2. The largest absolute Gasteiger partial charge is 0.466 e. The molecule has 1 aromatic carbocycles. The van der Waals surface area contributed by atoms with E-state index >= 15 is 0 Å². The van der Waals surface area contributed by atoms with Gasteiger partial charge in [0, 0.05) is 5.39 Å². The number of para-hydroxylation sites is 1. The third-order valence-electron chi connectivity index (χ3n) is 4.52. The number of rotatable bonds is 2. The van der Waals surface area contributed by atoms with Gasteiger partial charge in [-0.2, -0.15) is 0 Å². The van der Waals surface area contributed by atoms with Gasteiger partial charge in [0.15, 0.2) is 0 Å². The quantitative estimate of drug-likeness (QED) is 0.781. The fourth-order valence-electron chi connectivity index (χ4n) is 3.54. The van der Waals surface area contributed by atoms with E-state index in [9.17, 15) is 9.59 Å². The molecular formula is C17H14N2O5S. The van der Waals surface area contributed by atoms with Crippen LogP contribution >= 0.6 is 11.8 Å². The van der Waals surface area contributed by atoms with Crippen LogP contribution in [0.5, 0.6) is 0 Å². The number of ether oxygens (including phenoxy) is 2. The number of thioether (sulfide) groups is 1. The second kappa shape index (κ2) is 5.21. The van der Waals surface area contributed by atoms with Crippen molar-refractivity contribution in [1.29, 1.82) is 5.41 Å². The lowest BCUT2D eigenvalue weighted by Gasteiger charge is -2.26. The van der Waals surface area contributed by atoms with Gasteiger partial charge in [0.05, 0.1) is 36.2 Å². The van der Waals surface area contributed by atoms with Crippen LogP contribution in [0.4, 0.5) is 0 Å². The second-order valence-corrected chi connectivity index (χ2v) is 7.07. The van der Waals surface area contributed by atoms with E-state index in [0.29, 0.717) is 16.7 Å². The van der Waals surface area contributed by atoms with Gasteiger partial charge in [0.2, 0.25) is 5.55 Å². The van der Waals surface area contributed by atoms with Crippen LogP contribution in [0.15, 0.2) is 39.8 Å². The van der Waals surface area contributed by atoms with E-state index in [2.05, 4.69) is 0 Å². The molecule has 0 aliphatic carbocycles. The summed E-state index contributed by atoms with van der Waals surface area (Å²) in [6.45, 7) is 0. The van der Waals surface area contributed by atoms with Crippen molar-refractivity contribution in [3.63, 3.8) is 0 Å². The summed E-state index contributed by atoms with van der Waals surface area (Å²) in [4.78, 5) is 23.3. The number of benzene rings is 1. The minimum Gasteiger partial charge on any atom is -0.466 e. The number of hydrogen-bond acceptors (Lipinski definition) is 8. The zero-order chi connectivity index (χ0) is 17.9. The first-order chi connectivity index (χ1) is 11.9. The highest BCUT2D eigenvalue weighted by atomic mass is 32.2. The molecule has 2 bridgehead atoms. The molecule has 7 nitrogen and oxygen atoms in total. The number of nitrogens with two attached hydrogens (primary N) is 1. The average Bonchev–Trinajstić information content (AvgIpc) is 3.09. The minimum absolute atomic E-state index is 0.0170. The molecule has 0 saturated heterocycles. The predicted molar refractivity (Wildman–Crippen MR) is 89.3 cm³/mol. The van der Waals surface area contributed by atoms with E-state index in [-0.39, 0.29) is 16.7 Å². The van der Waals surface area contributed by atoms with Gasteiger partial charge in [-0.1, -0.05) is 18.2 Å². The normalized spacial score (nSPS) is 23.7. The van der Waals surface area contributed by atoms with E-state index in [1.165, 1.54) is 26.0 Å². The maximum Gasteiger partial charge on any atom is 0.337 e. The van der Waals surface area contributed by atoms with E-state index in [4.69, 9.17) is 25.0 Å². The number of carbonyl (C=O) groups is 2. The first-order valence-corrected chi connectivity index (χ1v) is 8.30. The van der Waals surface area contributed by atoms with Gasteiger partial charge in [-0.25, -0.2) is 9.59 Å². The highest BCUT2D eigenvalue weighted by Gasteiger charge is 2.60. The topological polar surface area (TPSA) is 116 Å². The molecule has 128 valence electrons. The van der Waals surface area contributed by atoms with Crippen LogP contribution in [0.3, 0.4) is 0 Å². The van der Waals surface area contributed by atoms with Crippen LogP contribution in [0.1, 0.15) is 16.4 Å². The summed E-state index contributed by atoms with van der Waals surface area (Å²) < 4.78 is 15.3. The summed E-state index contributed by atoms with van der Waals surface area (Å²) in [5.41, 5.74) is 8.22. The Kier molecular flexibility index (Phi) is 3.32. The molecule has 3 heterocycles. The molecule has 2 aliphatic heterocycles. The Hall–Kier alpha value is -2.58. The van der Waals surface area contributed by atoms with Crippen molar-refractivity contribution < 1.29 is 23.5 Å². The number of carbonyl (C=O) groups excluding carboxylic acids is 2. The van der Waals surface area contributed by atoms with E-state index in [0.717, 1.165) is 5.39 Å². The smallest absolute Gasteiger partial charge is 0.337 e. The molecule has 2 aromatic rings. The Morgan fingerprint density at radius 3 is 2.60 bits per heavy atom. The fourth-order valence-corrected chi connectivity index (χ4v) is 5.24. The van der Waals surface area contributed by atoms with Crippen molar-refractivity contribution >= 4 is 34.7 Å². The predicted octanol–water partition coefficient (Wildman–Crippen LogP) is 1.47. The van der Waals surface area contributed by atoms with Gasteiger partial charge >= 0.3 is 11.9 Å². The Balaban J connectivity index is 2.11. The molecule has 0 saturated carbocycles. The van der Waals surface area contributed by atoms with Crippen LogP contribution in [0, 0.1) is 5.41 Å². The first-order valence-electron chi connectivity index (χ1n) is 7.42. The maximum absolute atomic E-state index is 12.4. The highest BCUT2D eigenvalue weighted by Crippen LogP contribution is 2.65. The molecule has 0 unspecified atom stereocenters. The molecule has 25 heavy (non-hydrogen) atoms. The molecule has 2 aliphatic rings. The van der Waals surface area contributed by atoms with Crippen LogP contribution in [-0.4, -0.2) is 26.2 Å². The molecule has 2 atom stereocenters. The lowest BCUT2D eigenvalue weighted by atomic mass is 9.82. The maximum atomic E-state index is 12.4. The Morgan fingerprint density at radius 2 is 1.92 bits per heavy atom. The molecule has 4 rings (SSSR count). The SMILES string of the molecule is COC(=O)C1=C(C(=O)OC)[C@@]2(N)S[C@@H]1c1c2c(=N)oc2ccccc12. The van der Waals surface area contributed by atoms with E-state index < -0.39 is 22.1 Å². The standard InChI is InChI=1S/C17H14N2O5S/c1-22-15(20)10-12(16(21)23-2)17(19)11-9(13(10)25-17)7-5-3-4-6-8(7)24-14(11)18/h3-6,13,18H,19H2,1-2H3/t13-,17+/m1/s1. The van der Waals surface area contributed by atoms with Gasteiger partial charge in [0.25, 0.3) is 0 Å². The number of hydrogen-bond donors (Lipinski definition) is 2. The second-order valence-electron chi connectivity index (χ2n) is 5.72. The summed E-state index contributed by atoms with van der Waals surface area (Å²) in [6, 6.07) is 7.22. The van der Waals surface area contributed by atoms with Gasteiger partial charge in [-0.05, 0) is 11.6 Å². The lowest BCUT2D eigenvalue weighted by Crippen LogP contribution is -2.41. The Morgan fingerprint density at radius 1 is 1.24 bits per heavy atom. The van der Waals surface area contributed by atoms with Crippen molar-refractivity contribution in [3.8, 4) is 0 Å². The molecule has 1 aromatic heterocycles. The lowest BCUT2D eigenvalue weighted by molar-refractivity contribution is -0.139. The van der Waals surface area contributed by atoms with Gasteiger partial charge in [0.1, 0.15) is 10.5 Å². The molecule has 0 amide bonds. The molecular weight excluding hydrogens is 344 g/mol. The monoisotopic (exact) mass is 358 g/mol. The van der Waals surface area contributed by atoms with Crippen molar-refractivity contribution in [2.24, 2.45) is 5.73 Å². The summed E-state index contributed by atoms with van der Waals surface area (Å²) in [5.74, 6) is -1.34. The van der Waals surface area contributed by atoms with Gasteiger partial charge in [-0.3, -0.25) is 5.41 Å². The van der Waals surface area contributed by atoms with E-state index in [1.54, 1.807) is 12.1 Å². The summed E-state index contributed by atoms with van der Waals surface area (Å²) >= 11 is 1.22. The van der Waals surface area contributed by atoms with Gasteiger partial charge < -0.3 is 19.6 Å². The summed E-state index contributed by atoms with van der Waals surface area (Å²) in [7, 11) is 2.47. The Bertz CT molecular complexity index is 1040. The Labute approximate surface area is 146 Å². The van der Waals surface area contributed by atoms with Crippen molar-refractivity contribution in [3.05, 3.63) is 52.1 Å². The minimum atomic E-state index is -1.39. The fraction of sp³-hybridized carbons (Fsp3) is 0.235. The first kappa shape index (κ1) is 15.9. The van der Waals surface area contributed by atoms with Crippen LogP contribution in [0.25, 0.3) is 11.0 Å². The third kappa shape index (κ3) is 1.89. The van der Waals surface area contributed by atoms with E-state index in [1.807, 2.05) is 12.1 Å². The number of nitrogens with one attached hydrogen (secondary N) is 1. The summed E-state index contributed by atoms with van der Waals surface area (Å²) in [6.07, 6.45) is 0. The van der Waals surface area contributed by atoms with Crippen molar-refractivity contribution in [1.82, 2.24) is 0 Å². The molecule has 0 spiro atoms. The third-order valence-corrected chi connectivity index (χ3v) is 6.01. The van der Waals surface area contributed by atoms with Gasteiger partial charge in [-0.15, -0.1) is 11.8 Å². The molecule has 0 fully saturated rings. The highest BCUT2D eigenvalue weighted by molar-refractivity contribution is 8.01. The van der Waals surface area contributed by atoms with Crippen LogP contribution < -0.4 is 11.3 Å². The number of methoxy groups -OCH3 is 2. The molecule has 0 radical (unpaired) electrons. The average molecular weight is 358 g/mol. The van der Waals surface area contributed by atoms with Crippen LogP contribution in [0.2, 0.25) is 0 Å². The zero-order valence-corrected chi connectivity index (χ0v) is 14.2. The summed E-state index contributed by atoms with van der Waals surface area (Å²) in [5, 5.41) is 8.50. The molecule has 8 heteroatoms. The van der Waals surface area contributed by atoms with Crippen molar-refractivity contribution in [2.75, 3.05) is 14.2 Å². The number of fused-ring (bicyclic) bond motifs is 7. The zero-order valence-electron chi connectivity index (χ0n) is 13.4.